The molecule has 0 radical (unpaired) electrons. The van der Waals surface area contributed by atoms with Gasteiger partial charge in [0.25, 0.3) is 0 Å². The molecular weight excluding hydrogens is 264 g/mol. The Morgan fingerprint density at radius 2 is 1.14 bits per heavy atom. The van der Waals surface area contributed by atoms with Gasteiger partial charge < -0.3 is 0 Å². The molecule has 0 fully saturated rings. The van der Waals surface area contributed by atoms with Crippen LogP contribution in [0.25, 0.3) is 0 Å². The van der Waals surface area contributed by atoms with Crippen molar-refractivity contribution in [2.75, 3.05) is 0 Å². The van der Waals surface area contributed by atoms with Gasteiger partial charge in [0.1, 0.15) is 0 Å². The maximum Gasteiger partial charge on any atom is -0.0394 e. The molecule has 0 saturated heterocycles. The van der Waals surface area contributed by atoms with Crippen molar-refractivity contribution in [2.45, 2.75) is 113 Å². The molecule has 0 aromatic carbocycles. The van der Waals surface area contributed by atoms with Crippen molar-refractivity contribution in [3.63, 3.8) is 0 Å². The van der Waals surface area contributed by atoms with Gasteiger partial charge in [-0.2, -0.15) is 0 Å². The molecule has 0 rings (SSSR count). The molecule has 0 spiro atoms. The lowest BCUT2D eigenvalue weighted by Gasteiger charge is -2.28. The first kappa shape index (κ1) is 22.0. The summed E-state index contributed by atoms with van der Waals surface area (Å²) in [6, 6.07) is 0. The van der Waals surface area contributed by atoms with Gasteiger partial charge in [-0.3, -0.25) is 0 Å². The summed E-state index contributed by atoms with van der Waals surface area (Å²) < 4.78 is 0. The Morgan fingerprint density at radius 1 is 0.591 bits per heavy atom. The molecule has 0 saturated carbocycles. The largest absolute Gasteiger partial charge is 0.0654 e. The molecular formula is C22H46. The fraction of sp³-hybridized carbons (Fsp3) is 1.00. The highest BCUT2D eigenvalue weighted by Crippen LogP contribution is 2.31. The van der Waals surface area contributed by atoms with E-state index in [0.717, 1.165) is 29.6 Å². The predicted molar refractivity (Wildman–Crippen MR) is 103 cm³/mol. The van der Waals surface area contributed by atoms with E-state index in [4.69, 9.17) is 0 Å². The molecule has 0 aliphatic heterocycles. The molecule has 0 aliphatic carbocycles. The number of hydrogen-bond acceptors (Lipinski definition) is 0. The molecule has 22 heavy (non-hydrogen) atoms. The third kappa shape index (κ3) is 9.21. The van der Waals surface area contributed by atoms with Gasteiger partial charge in [0.15, 0.2) is 0 Å². The van der Waals surface area contributed by atoms with Crippen LogP contribution in [0.2, 0.25) is 0 Å². The van der Waals surface area contributed by atoms with Crippen LogP contribution in [0, 0.1) is 29.6 Å². The summed E-state index contributed by atoms with van der Waals surface area (Å²) >= 11 is 0. The summed E-state index contributed by atoms with van der Waals surface area (Å²) in [6.07, 6.45) is 14.1. The van der Waals surface area contributed by atoms with Gasteiger partial charge >= 0.3 is 0 Å². The second-order valence-corrected chi connectivity index (χ2v) is 8.12. The van der Waals surface area contributed by atoms with Gasteiger partial charge in [0.2, 0.25) is 0 Å². The van der Waals surface area contributed by atoms with Crippen molar-refractivity contribution in [3.05, 3.63) is 0 Å². The first-order valence-electron chi connectivity index (χ1n) is 10.5. The fourth-order valence-electron chi connectivity index (χ4n) is 4.37. The van der Waals surface area contributed by atoms with Crippen molar-refractivity contribution in [2.24, 2.45) is 29.6 Å². The Balaban J connectivity index is 4.06. The van der Waals surface area contributed by atoms with Crippen LogP contribution >= 0.6 is 0 Å². The Labute approximate surface area is 142 Å². The topological polar surface area (TPSA) is 0 Å². The van der Waals surface area contributed by atoms with Gasteiger partial charge in [-0.05, 0) is 36.0 Å². The van der Waals surface area contributed by atoms with E-state index in [9.17, 15) is 0 Å². The molecule has 3 atom stereocenters. The van der Waals surface area contributed by atoms with E-state index < -0.39 is 0 Å². The summed E-state index contributed by atoms with van der Waals surface area (Å²) in [5.74, 6) is 4.64. The van der Waals surface area contributed by atoms with Gasteiger partial charge in [-0.15, -0.1) is 0 Å². The van der Waals surface area contributed by atoms with Crippen LogP contribution in [-0.4, -0.2) is 0 Å². The highest BCUT2D eigenvalue weighted by Gasteiger charge is 2.20. The van der Waals surface area contributed by atoms with Crippen molar-refractivity contribution < 1.29 is 0 Å². The molecule has 0 N–H and O–H groups in total. The third-order valence-corrected chi connectivity index (χ3v) is 6.23. The van der Waals surface area contributed by atoms with Gasteiger partial charge in [-0.1, -0.05) is 106 Å². The SMILES string of the molecule is CCCC(CCC)CCCC(C)C(C)CC(C)C(CC)CC. The van der Waals surface area contributed by atoms with Crippen molar-refractivity contribution >= 4 is 0 Å². The Bertz CT molecular complexity index is 222. The van der Waals surface area contributed by atoms with E-state index in [-0.39, 0.29) is 0 Å². The Morgan fingerprint density at radius 3 is 1.59 bits per heavy atom. The smallest absolute Gasteiger partial charge is 0.0394 e. The lowest BCUT2D eigenvalue weighted by molar-refractivity contribution is 0.230. The molecule has 0 aliphatic rings. The number of rotatable bonds is 14. The van der Waals surface area contributed by atoms with Crippen LogP contribution < -0.4 is 0 Å². The summed E-state index contributed by atoms with van der Waals surface area (Å²) in [5.41, 5.74) is 0. The van der Waals surface area contributed by atoms with Crippen molar-refractivity contribution in [1.82, 2.24) is 0 Å². The van der Waals surface area contributed by atoms with E-state index >= 15 is 0 Å². The van der Waals surface area contributed by atoms with Gasteiger partial charge in [-0.25, -0.2) is 0 Å². The lowest BCUT2D eigenvalue weighted by atomic mass is 9.78. The average molecular weight is 311 g/mol. The first-order chi connectivity index (χ1) is 10.5. The minimum Gasteiger partial charge on any atom is -0.0654 e. The van der Waals surface area contributed by atoms with E-state index in [0.29, 0.717) is 0 Å². The molecule has 0 heterocycles. The zero-order valence-electron chi connectivity index (χ0n) is 17.0. The monoisotopic (exact) mass is 310 g/mol. The van der Waals surface area contributed by atoms with Gasteiger partial charge in [0, 0.05) is 0 Å². The molecule has 0 amide bonds. The van der Waals surface area contributed by atoms with Crippen molar-refractivity contribution in [1.29, 1.82) is 0 Å². The quantitative estimate of drug-likeness (QED) is 0.304. The summed E-state index contributed by atoms with van der Waals surface area (Å²) in [6.45, 7) is 16.9. The van der Waals surface area contributed by atoms with Crippen LogP contribution in [0.4, 0.5) is 0 Å². The van der Waals surface area contributed by atoms with E-state index in [1.165, 1.54) is 64.2 Å². The molecule has 0 nitrogen and oxygen atoms in total. The molecule has 0 heteroatoms. The molecule has 134 valence electrons. The normalized spacial score (nSPS) is 16.2. The summed E-state index contributed by atoms with van der Waals surface area (Å²) in [5, 5.41) is 0. The molecule has 0 aromatic heterocycles. The van der Waals surface area contributed by atoms with E-state index in [1.54, 1.807) is 0 Å². The standard InChI is InChI=1S/C22H46/c1-8-13-21(14-9-2)16-12-15-18(5)19(6)17-20(7)22(10-3)11-4/h18-22H,8-17H2,1-7H3. The molecule has 0 aromatic rings. The van der Waals surface area contributed by atoms with Crippen molar-refractivity contribution in [3.8, 4) is 0 Å². The maximum atomic E-state index is 2.50. The first-order valence-corrected chi connectivity index (χ1v) is 10.5. The fourth-order valence-corrected chi connectivity index (χ4v) is 4.37. The zero-order valence-corrected chi connectivity index (χ0v) is 17.0. The summed E-state index contributed by atoms with van der Waals surface area (Å²) in [7, 11) is 0. The highest BCUT2D eigenvalue weighted by atomic mass is 14.3. The average Bonchev–Trinajstić information content (AvgIpc) is 2.48. The van der Waals surface area contributed by atoms with Crippen LogP contribution in [0.15, 0.2) is 0 Å². The molecule has 3 unspecified atom stereocenters. The third-order valence-electron chi connectivity index (χ3n) is 6.23. The molecule has 0 bridgehead atoms. The predicted octanol–water partition coefficient (Wildman–Crippen LogP) is 8.11. The second-order valence-electron chi connectivity index (χ2n) is 8.12. The Hall–Kier alpha value is 0. The van der Waals surface area contributed by atoms with E-state index in [1.807, 2.05) is 0 Å². The number of hydrogen-bond donors (Lipinski definition) is 0. The minimum absolute atomic E-state index is 0.895. The maximum absolute atomic E-state index is 2.50. The lowest BCUT2D eigenvalue weighted by Crippen LogP contribution is -2.17. The van der Waals surface area contributed by atoms with E-state index in [2.05, 4.69) is 48.5 Å². The minimum atomic E-state index is 0.895. The van der Waals surface area contributed by atoms with Crippen LogP contribution in [0.1, 0.15) is 113 Å². The van der Waals surface area contributed by atoms with Crippen LogP contribution in [0.3, 0.4) is 0 Å². The highest BCUT2D eigenvalue weighted by molar-refractivity contribution is 4.71. The Kier molecular flexibility index (Phi) is 13.4. The second kappa shape index (κ2) is 13.4. The van der Waals surface area contributed by atoms with Crippen LogP contribution in [0.5, 0.6) is 0 Å². The zero-order chi connectivity index (χ0) is 17.0. The van der Waals surface area contributed by atoms with Crippen LogP contribution in [-0.2, 0) is 0 Å². The summed E-state index contributed by atoms with van der Waals surface area (Å²) in [4.78, 5) is 0. The van der Waals surface area contributed by atoms with Gasteiger partial charge in [0.05, 0.1) is 0 Å².